The summed E-state index contributed by atoms with van der Waals surface area (Å²) in [6, 6.07) is 23.4. The fourth-order valence-corrected chi connectivity index (χ4v) is 8.67. The molecule has 3 aromatic carbocycles. The van der Waals surface area contributed by atoms with Gasteiger partial charge in [-0.1, -0.05) is 117 Å². The maximum Gasteiger partial charge on any atom is 0.164 e. The molecule has 301 valence electrons. The fourth-order valence-electron chi connectivity index (χ4n) is 7.36. The Morgan fingerprint density at radius 3 is 2.12 bits per heavy atom. The number of aliphatic hydroxyl groups excluding tert-OH is 1. The van der Waals surface area contributed by atoms with Crippen LogP contribution in [-0.2, 0) is 36.7 Å². The molecule has 6 aromatic rings. The SMILES string of the molecule is CCC(C)(CC)C(=O)/C=C(\O)C(C)(CC)CC.Cc1c(-c2oc3ccnc(-c4[c-]c5ccccc5c(C(C)(C)C)c4)c3c2C)sc2cc(CC(C)C)ccc12.[Ir]. The Morgan fingerprint density at radius 2 is 1.52 bits per heavy atom. The number of thiophene rings is 1. The second-order valence-electron chi connectivity index (χ2n) is 17.4. The second-order valence-corrected chi connectivity index (χ2v) is 18.4. The van der Waals surface area contributed by atoms with Crippen LogP contribution in [0.25, 0.3) is 53.7 Å². The first-order chi connectivity index (χ1) is 25.9. The van der Waals surface area contributed by atoms with E-state index < -0.39 is 0 Å². The number of carbonyl (C=O) groups is 1. The Labute approximate surface area is 353 Å². The van der Waals surface area contributed by atoms with Crippen molar-refractivity contribution < 1.29 is 34.4 Å². The number of ketones is 1. The zero-order valence-corrected chi connectivity index (χ0v) is 39.1. The number of rotatable bonds is 11. The van der Waals surface area contributed by atoms with Crippen molar-refractivity contribution in [1.29, 1.82) is 0 Å². The summed E-state index contributed by atoms with van der Waals surface area (Å²) in [5.74, 6) is 1.88. The normalized spacial score (nSPS) is 12.6. The van der Waals surface area contributed by atoms with Gasteiger partial charge in [-0.05, 0) is 91.5 Å². The number of allylic oxidation sites excluding steroid dienone is 2. The van der Waals surface area contributed by atoms with Crippen LogP contribution in [0, 0.1) is 36.7 Å². The molecule has 3 heterocycles. The molecule has 0 aliphatic rings. The van der Waals surface area contributed by atoms with Gasteiger partial charge in [0.2, 0.25) is 0 Å². The Bertz CT molecular complexity index is 2340. The molecule has 0 saturated carbocycles. The van der Waals surface area contributed by atoms with E-state index in [1.54, 1.807) is 0 Å². The maximum atomic E-state index is 12.2. The van der Waals surface area contributed by atoms with Gasteiger partial charge in [0.15, 0.2) is 5.78 Å². The first-order valence-electron chi connectivity index (χ1n) is 20.2. The molecule has 0 saturated heterocycles. The van der Waals surface area contributed by atoms with Crippen molar-refractivity contribution in [3.8, 4) is 21.9 Å². The van der Waals surface area contributed by atoms with Crippen LogP contribution in [-0.4, -0.2) is 15.9 Å². The molecular formula is C50H62IrNO3S-. The van der Waals surface area contributed by atoms with Crippen LogP contribution >= 0.6 is 11.3 Å². The minimum Gasteiger partial charge on any atom is -0.512 e. The molecule has 1 radical (unpaired) electrons. The third-order valence-electron chi connectivity index (χ3n) is 12.1. The first kappa shape index (κ1) is 45.1. The van der Waals surface area contributed by atoms with Crippen molar-refractivity contribution in [3.63, 3.8) is 0 Å². The van der Waals surface area contributed by atoms with Gasteiger partial charge < -0.3 is 9.52 Å². The summed E-state index contributed by atoms with van der Waals surface area (Å²) in [4.78, 5) is 18.3. The Balaban J connectivity index is 0.000000330. The second kappa shape index (κ2) is 17.9. The number of aryl methyl sites for hydroxylation is 2. The minimum absolute atomic E-state index is 0. The molecular weight excluding hydrogens is 887 g/mol. The van der Waals surface area contributed by atoms with Gasteiger partial charge in [0, 0.05) is 59.0 Å². The number of fused-ring (bicyclic) bond motifs is 3. The molecule has 3 aromatic heterocycles. The van der Waals surface area contributed by atoms with Crippen molar-refractivity contribution in [2.75, 3.05) is 0 Å². The van der Waals surface area contributed by atoms with Crippen LogP contribution in [0.2, 0.25) is 0 Å². The topological polar surface area (TPSA) is 63.3 Å². The van der Waals surface area contributed by atoms with Crippen molar-refractivity contribution in [2.24, 2.45) is 16.7 Å². The van der Waals surface area contributed by atoms with Crippen molar-refractivity contribution in [1.82, 2.24) is 4.98 Å². The number of nitrogens with zero attached hydrogens (tertiary/aromatic N) is 1. The predicted molar refractivity (Wildman–Crippen MR) is 236 cm³/mol. The summed E-state index contributed by atoms with van der Waals surface area (Å²) in [7, 11) is 0. The zero-order chi connectivity index (χ0) is 40.5. The van der Waals surface area contributed by atoms with Gasteiger partial charge in [-0.25, -0.2) is 0 Å². The molecule has 0 unspecified atom stereocenters. The van der Waals surface area contributed by atoms with Crippen molar-refractivity contribution in [3.05, 3.63) is 101 Å². The summed E-state index contributed by atoms with van der Waals surface area (Å²) >= 11 is 1.84. The van der Waals surface area contributed by atoms with E-state index in [1.165, 1.54) is 43.1 Å². The predicted octanol–water partition coefficient (Wildman–Crippen LogP) is 15.1. The quantitative estimate of drug-likeness (QED) is 0.0798. The number of pyridine rings is 1. The van der Waals surface area contributed by atoms with E-state index in [4.69, 9.17) is 9.40 Å². The Hall–Kier alpha value is -3.57. The van der Waals surface area contributed by atoms with E-state index in [0.717, 1.165) is 71.0 Å². The van der Waals surface area contributed by atoms with E-state index in [0.29, 0.717) is 5.92 Å². The van der Waals surface area contributed by atoms with Crippen molar-refractivity contribution >= 4 is 48.9 Å². The van der Waals surface area contributed by atoms with Crippen LogP contribution in [0.15, 0.2) is 77.0 Å². The summed E-state index contributed by atoms with van der Waals surface area (Å²) in [6.07, 6.45) is 7.71. The van der Waals surface area contributed by atoms with E-state index in [2.05, 4.69) is 103 Å². The smallest absolute Gasteiger partial charge is 0.164 e. The minimum atomic E-state index is -0.337. The van der Waals surface area contributed by atoms with Gasteiger partial charge in [-0.3, -0.25) is 9.78 Å². The number of aromatic nitrogens is 1. The van der Waals surface area contributed by atoms with Crippen molar-refractivity contribution in [2.45, 2.75) is 128 Å². The molecule has 0 aliphatic carbocycles. The molecule has 4 nitrogen and oxygen atoms in total. The van der Waals surface area contributed by atoms with E-state index >= 15 is 0 Å². The largest absolute Gasteiger partial charge is 0.512 e. The monoisotopic (exact) mass is 949 g/mol. The summed E-state index contributed by atoms with van der Waals surface area (Å²) in [5.41, 5.74) is 7.34. The average molecular weight is 949 g/mol. The number of furan rings is 1. The summed E-state index contributed by atoms with van der Waals surface area (Å²) in [6.45, 7) is 27.8. The molecule has 0 fully saturated rings. The number of carbonyl (C=O) groups excluding carboxylic acids is 1. The number of hydrogen-bond acceptors (Lipinski definition) is 5. The van der Waals surface area contributed by atoms with Crippen LogP contribution in [0.1, 0.15) is 124 Å². The molecule has 0 spiro atoms. The third-order valence-corrected chi connectivity index (χ3v) is 13.4. The summed E-state index contributed by atoms with van der Waals surface area (Å²) in [5, 5.41) is 14.9. The van der Waals surface area contributed by atoms with Gasteiger partial charge >= 0.3 is 0 Å². The van der Waals surface area contributed by atoms with Crippen LogP contribution < -0.4 is 0 Å². The molecule has 6 rings (SSSR count). The molecule has 0 amide bonds. The van der Waals surface area contributed by atoms with E-state index in [9.17, 15) is 9.90 Å². The van der Waals surface area contributed by atoms with Crippen LogP contribution in [0.4, 0.5) is 0 Å². The molecule has 0 bridgehead atoms. The van der Waals surface area contributed by atoms with Crippen LogP contribution in [0.3, 0.4) is 0 Å². The zero-order valence-electron chi connectivity index (χ0n) is 35.9. The van der Waals surface area contributed by atoms with Gasteiger partial charge in [0.25, 0.3) is 0 Å². The fraction of sp³-hybridized carbons (Fsp3) is 0.440. The third kappa shape index (κ3) is 9.09. The standard InChI is InChI=1S/C35H34NOS.C15H28O2.Ir/c1-20(2)16-23-12-13-26-21(3)34(38-30(26)17-23)33-22(4)31-29(37-33)14-15-36-32(31)25-18-24-10-8-9-11-27(24)28(19-25)35(5,6)7;1-7-14(5,8-2)12(16)11-13(17)15(6,9-3)10-4;/h8-15,17,19-20H,16H2,1-7H3;11,16H,7-10H2,1-6H3;/q-1;;/b;12-11-;. The number of benzene rings is 3. The van der Waals surface area contributed by atoms with Gasteiger partial charge in [-0.2, -0.15) is 0 Å². The molecule has 0 atom stereocenters. The number of aliphatic hydroxyl groups is 1. The molecule has 6 heteroatoms. The maximum absolute atomic E-state index is 12.2. The van der Waals surface area contributed by atoms with Gasteiger partial charge in [0.05, 0.1) is 4.88 Å². The Kier molecular flexibility index (Phi) is 14.4. The van der Waals surface area contributed by atoms with Crippen LogP contribution in [0.5, 0.6) is 0 Å². The molecule has 0 aliphatic heterocycles. The van der Waals surface area contributed by atoms with Gasteiger partial charge in [0.1, 0.15) is 17.1 Å². The first-order valence-corrected chi connectivity index (χ1v) is 21.0. The van der Waals surface area contributed by atoms with E-state index in [1.807, 2.05) is 65.1 Å². The van der Waals surface area contributed by atoms with Gasteiger partial charge in [-0.15, -0.1) is 40.5 Å². The molecule has 56 heavy (non-hydrogen) atoms. The molecule has 1 N–H and O–H groups in total. The Morgan fingerprint density at radius 1 is 0.875 bits per heavy atom. The van der Waals surface area contributed by atoms with E-state index in [-0.39, 0.29) is 47.9 Å². The summed E-state index contributed by atoms with van der Waals surface area (Å²) < 4.78 is 7.92. The average Bonchev–Trinajstić information content (AvgIpc) is 3.67. The number of hydrogen-bond donors (Lipinski definition) is 1.